The second-order valence-corrected chi connectivity index (χ2v) is 10.1. The highest BCUT2D eigenvalue weighted by molar-refractivity contribution is 6.35. The van der Waals surface area contributed by atoms with Crippen molar-refractivity contribution in [1.82, 2.24) is 15.2 Å². The summed E-state index contributed by atoms with van der Waals surface area (Å²) in [5.41, 5.74) is 1.92. The fourth-order valence-electron chi connectivity index (χ4n) is 5.43. The van der Waals surface area contributed by atoms with Crippen molar-refractivity contribution in [3.8, 4) is 0 Å². The van der Waals surface area contributed by atoms with E-state index in [2.05, 4.69) is 15.5 Å². The van der Waals surface area contributed by atoms with Gasteiger partial charge in [-0.05, 0) is 45.7 Å². The van der Waals surface area contributed by atoms with E-state index >= 15 is 0 Å². The van der Waals surface area contributed by atoms with E-state index in [1.54, 1.807) is 6.07 Å². The van der Waals surface area contributed by atoms with Gasteiger partial charge in [0.15, 0.2) is 5.58 Å². The number of benzene rings is 1. The van der Waals surface area contributed by atoms with Crippen molar-refractivity contribution >= 4 is 34.4 Å². The first kappa shape index (κ1) is 20.1. The van der Waals surface area contributed by atoms with E-state index in [0.717, 1.165) is 61.9 Å². The van der Waals surface area contributed by atoms with Gasteiger partial charge in [0.2, 0.25) is 5.89 Å². The maximum atomic E-state index is 12.4. The molecule has 2 amide bonds. The zero-order chi connectivity index (χ0) is 21.1. The SMILES string of the molecule is CC(C)(O)[C@@H]1CCN(Cc2nc3cc(Cl)c4c(c3o2)C2(CCCCC2)NC(=O)N4)C1. The molecule has 2 aliphatic heterocycles. The Labute approximate surface area is 181 Å². The molecule has 7 nitrogen and oxygen atoms in total. The smallest absolute Gasteiger partial charge is 0.319 e. The average molecular weight is 433 g/mol. The highest BCUT2D eigenvalue weighted by atomic mass is 35.5. The van der Waals surface area contributed by atoms with Crippen molar-refractivity contribution < 1.29 is 14.3 Å². The number of carbonyl (C=O) groups is 1. The van der Waals surface area contributed by atoms with Crippen LogP contribution in [0, 0.1) is 5.92 Å². The standard InChI is InChI=1S/C22H29ClN4O3/c1-21(2,29)13-6-9-27(11-13)12-16-24-15-10-14(23)18-17(19(15)30-16)22(26-20(28)25-18)7-4-3-5-8-22/h10,13,29H,3-9,11-12H2,1-2H3,(H2,25,26,28)/t13-/m1/s1. The molecule has 3 N–H and O–H groups in total. The predicted octanol–water partition coefficient (Wildman–Crippen LogP) is 4.37. The van der Waals surface area contributed by atoms with Crippen molar-refractivity contribution in [2.24, 2.45) is 5.92 Å². The third-order valence-electron chi connectivity index (χ3n) is 7.08. The van der Waals surface area contributed by atoms with Crippen LogP contribution in [-0.4, -0.2) is 39.7 Å². The molecule has 1 aromatic heterocycles. The molecule has 8 heteroatoms. The minimum atomic E-state index is -0.681. The predicted molar refractivity (Wildman–Crippen MR) is 116 cm³/mol. The number of oxazole rings is 1. The van der Waals surface area contributed by atoms with Gasteiger partial charge in [0.05, 0.1) is 28.4 Å². The minimum absolute atomic E-state index is 0.208. The zero-order valence-corrected chi connectivity index (χ0v) is 18.3. The summed E-state index contributed by atoms with van der Waals surface area (Å²) in [5.74, 6) is 0.891. The molecule has 1 atom stereocenters. The zero-order valence-electron chi connectivity index (χ0n) is 17.6. The molecule has 1 saturated carbocycles. The number of anilines is 1. The number of likely N-dealkylation sites (tertiary alicyclic amines) is 1. The van der Waals surface area contributed by atoms with Gasteiger partial charge in [-0.1, -0.05) is 30.9 Å². The third-order valence-corrected chi connectivity index (χ3v) is 7.38. The molecule has 1 saturated heterocycles. The van der Waals surface area contributed by atoms with E-state index in [4.69, 9.17) is 21.0 Å². The second-order valence-electron chi connectivity index (χ2n) is 9.66. The van der Waals surface area contributed by atoms with E-state index in [-0.39, 0.29) is 11.9 Å². The highest BCUT2D eigenvalue weighted by Crippen LogP contribution is 2.48. The first-order valence-electron chi connectivity index (χ1n) is 10.9. The number of aromatic nitrogens is 1. The number of fused-ring (bicyclic) bond motifs is 4. The van der Waals surface area contributed by atoms with Crippen LogP contribution in [0.15, 0.2) is 10.5 Å². The molecule has 1 spiro atoms. The Kier molecular flexibility index (Phi) is 4.76. The Balaban J connectivity index is 1.51. The lowest BCUT2D eigenvalue weighted by Gasteiger charge is -2.42. The van der Waals surface area contributed by atoms with Crippen LogP contribution in [0.1, 0.15) is 63.8 Å². The monoisotopic (exact) mass is 432 g/mol. The molecule has 1 aliphatic carbocycles. The summed E-state index contributed by atoms with van der Waals surface area (Å²) in [5, 5.41) is 16.9. The lowest BCUT2D eigenvalue weighted by molar-refractivity contribution is 0.0204. The first-order chi connectivity index (χ1) is 14.2. The van der Waals surface area contributed by atoms with Crippen molar-refractivity contribution in [1.29, 1.82) is 0 Å². The van der Waals surface area contributed by atoms with Crippen molar-refractivity contribution in [3.63, 3.8) is 0 Å². The average Bonchev–Trinajstić information content (AvgIpc) is 3.29. The topological polar surface area (TPSA) is 90.6 Å². The van der Waals surface area contributed by atoms with Gasteiger partial charge in [0, 0.05) is 18.0 Å². The number of aliphatic hydroxyl groups is 1. The van der Waals surface area contributed by atoms with Crippen LogP contribution in [-0.2, 0) is 12.1 Å². The fraction of sp³-hybridized carbons (Fsp3) is 0.636. The van der Waals surface area contributed by atoms with E-state index in [9.17, 15) is 9.90 Å². The van der Waals surface area contributed by atoms with Crippen molar-refractivity contribution in [2.45, 2.75) is 70.1 Å². The van der Waals surface area contributed by atoms with Crippen molar-refractivity contribution in [3.05, 3.63) is 22.5 Å². The van der Waals surface area contributed by atoms with Gasteiger partial charge >= 0.3 is 6.03 Å². The normalized spacial score (nSPS) is 24.1. The quantitative estimate of drug-likeness (QED) is 0.670. The number of nitrogens with zero attached hydrogens (tertiary/aromatic N) is 2. The third kappa shape index (κ3) is 3.37. The molecule has 2 aromatic rings. The molecule has 3 heterocycles. The second kappa shape index (κ2) is 7.11. The summed E-state index contributed by atoms with van der Waals surface area (Å²) in [4.78, 5) is 19.4. The van der Waals surface area contributed by atoms with Gasteiger partial charge in [-0.15, -0.1) is 0 Å². The molecular formula is C22H29ClN4O3. The number of hydrogen-bond acceptors (Lipinski definition) is 5. The molecule has 30 heavy (non-hydrogen) atoms. The van der Waals surface area contributed by atoms with Gasteiger partial charge in [-0.25, -0.2) is 9.78 Å². The lowest BCUT2D eigenvalue weighted by atomic mass is 9.74. The molecule has 0 radical (unpaired) electrons. The Morgan fingerprint density at radius 1 is 1.37 bits per heavy atom. The summed E-state index contributed by atoms with van der Waals surface area (Å²) in [6.07, 6.45) is 5.99. The van der Waals surface area contributed by atoms with Crippen LogP contribution in [0.5, 0.6) is 0 Å². The van der Waals surface area contributed by atoms with Crippen LogP contribution in [0.2, 0.25) is 5.02 Å². The van der Waals surface area contributed by atoms with Gasteiger partial charge in [-0.2, -0.15) is 0 Å². The Hall–Kier alpha value is -1.83. The summed E-state index contributed by atoms with van der Waals surface area (Å²) < 4.78 is 6.30. The summed E-state index contributed by atoms with van der Waals surface area (Å²) in [6.45, 7) is 6.08. The molecule has 0 bridgehead atoms. The number of carbonyl (C=O) groups excluding carboxylic acids is 1. The molecule has 5 rings (SSSR count). The van der Waals surface area contributed by atoms with Crippen molar-refractivity contribution in [2.75, 3.05) is 18.4 Å². The number of amides is 2. The molecule has 1 aromatic carbocycles. The van der Waals surface area contributed by atoms with Crippen LogP contribution in [0.3, 0.4) is 0 Å². The van der Waals surface area contributed by atoms with E-state index in [1.807, 2.05) is 13.8 Å². The minimum Gasteiger partial charge on any atom is -0.439 e. The molecule has 0 unspecified atom stereocenters. The molecular weight excluding hydrogens is 404 g/mol. The summed E-state index contributed by atoms with van der Waals surface area (Å²) in [6, 6.07) is 1.58. The first-order valence-corrected chi connectivity index (χ1v) is 11.3. The maximum Gasteiger partial charge on any atom is 0.319 e. The Morgan fingerprint density at radius 2 is 2.13 bits per heavy atom. The highest BCUT2D eigenvalue weighted by Gasteiger charge is 2.44. The summed E-state index contributed by atoms with van der Waals surface area (Å²) >= 11 is 6.58. The fourth-order valence-corrected chi connectivity index (χ4v) is 5.67. The Bertz CT molecular complexity index is 990. The number of hydrogen-bond donors (Lipinski definition) is 3. The Morgan fingerprint density at radius 3 is 2.83 bits per heavy atom. The lowest BCUT2D eigenvalue weighted by Crippen LogP contribution is -2.52. The largest absolute Gasteiger partial charge is 0.439 e. The molecule has 2 fully saturated rings. The number of halogens is 1. The van der Waals surface area contributed by atoms with Crippen LogP contribution in [0.25, 0.3) is 11.1 Å². The van der Waals surface area contributed by atoms with E-state index in [1.165, 1.54) is 6.42 Å². The number of rotatable bonds is 3. The number of urea groups is 1. The molecule has 3 aliphatic rings. The van der Waals surface area contributed by atoms with E-state index < -0.39 is 11.1 Å². The van der Waals surface area contributed by atoms with Gasteiger partial charge in [0.25, 0.3) is 0 Å². The van der Waals surface area contributed by atoms with Gasteiger partial charge < -0.3 is 20.2 Å². The molecule has 162 valence electrons. The number of nitrogens with one attached hydrogen (secondary N) is 2. The van der Waals surface area contributed by atoms with Crippen LogP contribution in [0.4, 0.5) is 10.5 Å². The van der Waals surface area contributed by atoms with Crippen LogP contribution < -0.4 is 10.6 Å². The van der Waals surface area contributed by atoms with Crippen LogP contribution >= 0.6 is 11.6 Å². The maximum absolute atomic E-state index is 12.4. The van der Waals surface area contributed by atoms with Gasteiger partial charge in [-0.3, -0.25) is 4.90 Å². The summed E-state index contributed by atoms with van der Waals surface area (Å²) in [7, 11) is 0. The van der Waals surface area contributed by atoms with E-state index in [0.29, 0.717) is 23.1 Å². The van der Waals surface area contributed by atoms with Gasteiger partial charge in [0.1, 0.15) is 5.52 Å².